The maximum Gasteiger partial charge on any atom is 0.310 e. The highest BCUT2D eigenvalue weighted by Crippen LogP contribution is 2.23. The number of hydrogen-bond acceptors (Lipinski definition) is 4. The van der Waals surface area contributed by atoms with E-state index in [1.807, 2.05) is 19.1 Å². The Balaban J connectivity index is 2.01. The standard InChI is InChI=1S/C15H21NO3S/c1-3-12-7-8-13(20-12)14(17)16-9-5-6-11(10-16)15(18)19-4-2/h7-8,11H,3-6,9-10H2,1-2H3. The molecule has 1 atom stereocenters. The van der Waals surface area contributed by atoms with Crippen molar-refractivity contribution in [2.45, 2.75) is 33.1 Å². The lowest BCUT2D eigenvalue weighted by atomic mass is 9.98. The molecule has 110 valence electrons. The van der Waals surface area contributed by atoms with E-state index in [9.17, 15) is 9.59 Å². The Kier molecular flexibility index (Phi) is 5.17. The predicted octanol–water partition coefficient (Wildman–Crippen LogP) is 2.73. The molecule has 0 N–H and O–H groups in total. The van der Waals surface area contributed by atoms with Gasteiger partial charge in [-0.3, -0.25) is 9.59 Å². The molecular weight excluding hydrogens is 274 g/mol. The minimum absolute atomic E-state index is 0.0451. The fourth-order valence-corrected chi connectivity index (χ4v) is 3.37. The van der Waals surface area contributed by atoms with Crippen LogP contribution in [0.15, 0.2) is 12.1 Å². The first-order chi connectivity index (χ1) is 9.65. The summed E-state index contributed by atoms with van der Waals surface area (Å²) < 4.78 is 5.06. The minimum Gasteiger partial charge on any atom is -0.466 e. The molecule has 0 bridgehead atoms. The van der Waals surface area contributed by atoms with Crippen LogP contribution in [-0.4, -0.2) is 36.5 Å². The molecule has 1 aromatic heterocycles. The molecule has 4 nitrogen and oxygen atoms in total. The molecular formula is C15H21NO3S. The van der Waals surface area contributed by atoms with Crippen LogP contribution in [0.3, 0.4) is 0 Å². The lowest BCUT2D eigenvalue weighted by Crippen LogP contribution is -2.42. The molecule has 2 rings (SSSR count). The SMILES string of the molecule is CCOC(=O)C1CCCN(C(=O)c2ccc(CC)s2)C1. The average Bonchev–Trinajstić information content (AvgIpc) is 2.96. The van der Waals surface area contributed by atoms with Crippen LogP contribution in [0.1, 0.15) is 41.2 Å². The van der Waals surface area contributed by atoms with Crippen molar-refractivity contribution in [3.8, 4) is 0 Å². The molecule has 0 spiro atoms. The van der Waals surface area contributed by atoms with Crippen LogP contribution in [0.4, 0.5) is 0 Å². The summed E-state index contributed by atoms with van der Waals surface area (Å²) in [7, 11) is 0. The van der Waals surface area contributed by atoms with Crippen LogP contribution in [0.5, 0.6) is 0 Å². The van der Waals surface area contributed by atoms with Crippen LogP contribution in [0.2, 0.25) is 0 Å². The third-order valence-corrected chi connectivity index (χ3v) is 4.77. The number of likely N-dealkylation sites (tertiary alicyclic amines) is 1. The van der Waals surface area contributed by atoms with Crippen molar-refractivity contribution < 1.29 is 14.3 Å². The lowest BCUT2D eigenvalue weighted by molar-refractivity contribution is -0.149. The van der Waals surface area contributed by atoms with E-state index in [-0.39, 0.29) is 17.8 Å². The number of hydrogen-bond donors (Lipinski definition) is 0. The minimum atomic E-state index is -0.176. The number of rotatable bonds is 4. The molecule has 20 heavy (non-hydrogen) atoms. The first-order valence-electron chi connectivity index (χ1n) is 7.20. The highest BCUT2D eigenvalue weighted by molar-refractivity contribution is 7.14. The van der Waals surface area contributed by atoms with Gasteiger partial charge in [0.2, 0.25) is 0 Å². The summed E-state index contributed by atoms with van der Waals surface area (Å²) in [5.41, 5.74) is 0. The van der Waals surface area contributed by atoms with Gasteiger partial charge in [0, 0.05) is 18.0 Å². The van der Waals surface area contributed by atoms with Gasteiger partial charge >= 0.3 is 5.97 Å². The smallest absolute Gasteiger partial charge is 0.310 e. The number of piperidine rings is 1. The van der Waals surface area contributed by atoms with E-state index in [4.69, 9.17) is 4.74 Å². The fraction of sp³-hybridized carbons (Fsp3) is 0.600. The monoisotopic (exact) mass is 295 g/mol. The first-order valence-corrected chi connectivity index (χ1v) is 8.02. The molecule has 1 aliphatic rings. The summed E-state index contributed by atoms with van der Waals surface area (Å²) >= 11 is 1.55. The van der Waals surface area contributed by atoms with E-state index in [1.54, 1.807) is 16.2 Å². The van der Waals surface area contributed by atoms with Crippen LogP contribution in [0, 0.1) is 5.92 Å². The average molecular weight is 295 g/mol. The lowest BCUT2D eigenvalue weighted by Gasteiger charge is -2.31. The summed E-state index contributed by atoms with van der Waals surface area (Å²) in [6, 6.07) is 3.89. The van der Waals surface area contributed by atoms with Crippen molar-refractivity contribution >= 4 is 23.2 Å². The van der Waals surface area contributed by atoms with Gasteiger partial charge < -0.3 is 9.64 Å². The summed E-state index contributed by atoms with van der Waals surface area (Å²) in [6.07, 6.45) is 2.62. The predicted molar refractivity (Wildman–Crippen MR) is 79.0 cm³/mol. The molecule has 1 saturated heterocycles. The molecule has 5 heteroatoms. The van der Waals surface area contributed by atoms with Crippen molar-refractivity contribution in [1.82, 2.24) is 4.90 Å². The van der Waals surface area contributed by atoms with Gasteiger partial charge in [0.1, 0.15) is 0 Å². The quantitative estimate of drug-likeness (QED) is 0.802. The molecule has 1 aromatic rings. The number of nitrogens with zero attached hydrogens (tertiary/aromatic N) is 1. The van der Waals surface area contributed by atoms with E-state index >= 15 is 0 Å². The van der Waals surface area contributed by atoms with E-state index in [0.717, 1.165) is 30.7 Å². The van der Waals surface area contributed by atoms with Crippen LogP contribution < -0.4 is 0 Å². The number of ether oxygens (including phenoxy) is 1. The van der Waals surface area contributed by atoms with Crippen molar-refractivity contribution in [2.75, 3.05) is 19.7 Å². The maximum absolute atomic E-state index is 12.4. The fourth-order valence-electron chi connectivity index (χ4n) is 2.45. The first kappa shape index (κ1) is 15.0. The van der Waals surface area contributed by atoms with Crippen molar-refractivity contribution in [3.05, 3.63) is 21.9 Å². The third-order valence-electron chi connectivity index (χ3n) is 3.55. The molecule has 1 amide bonds. The molecule has 1 unspecified atom stereocenters. The number of amides is 1. The van der Waals surface area contributed by atoms with Gasteiger partial charge in [0.25, 0.3) is 5.91 Å². The number of aryl methyl sites for hydroxylation is 1. The molecule has 2 heterocycles. The molecule has 0 saturated carbocycles. The van der Waals surface area contributed by atoms with Gasteiger partial charge in [-0.15, -0.1) is 11.3 Å². The van der Waals surface area contributed by atoms with Gasteiger partial charge in [-0.2, -0.15) is 0 Å². The third kappa shape index (κ3) is 3.39. The Hall–Kier alpha value is -1.36. The highest BCUT2D eigenvalue weighted by Gasteiger charge is 2.30. The van der Waals surface area contributed by atoms with Gasteiger partial charge in [-0.1, -0.05) is 6.92 Å². The second kappa shape index (κ2) is 6.88. The molecule has 1 fully saturated rings. The second-order valence-corrected chi connectivity index (χ2v) is 6.13. The largest absolute Gasteiger partial charge is 0.466 e. The van der Waals surface area contributed by atoms with Gasteiger partial charge in [0.15, 0.2) is 0 Å². The molecule has 0 radical (unpaired) electrons. The molecule has 0 aromatic carbocycles. The van der Waals surface area contributed by atoms with Gasteiger partial charge in [-0.05, 0) is 38.3 Å². The second-order valence-electron chi connectivity index (χ2n) is 4.96. The van der Waals surface area contributed by atoms with Crippen LogP contribution in [0.25, 0.3) is 0 Å². The Morgan fingerprint density at radius 3 is 2.85 bits per heavy atom. The van der Waals surface area contributed by atoms with E-state index in [2.05, 4.69) is 6.92 Å². The van der Waals surface area contributed by atoms with E-state index in [0.29, 0.717) is 13.2 Å². The summed E-state index contributed by atoms with van der Waals surface area (Å²) in [5.74, 6) is -0.299. The van der Waals surface area contributed by atoms with Crippen LogP contribution >= 0.6 is 11.3 Å². The zero-order valence-electron chi connectivity index (χ0n) is 12.1. The summed E-state index contributed by atoms with van der Waals surface area (Å²) in [5, 5.41) is 0. The molecule has 0 aliphatic carbocycles. The summed E-state index contributed by atoms with van der Waals surface area (Å²) in [4.78, 5) is 28.0. The summed E-state index contributed by atoms with van der Waals surface area (Å²) in [6.45, 7) is 5.50. The van der Waals surface area contributed by atoms with Gasteiger partial charge in [0.05, 0.1) is 17.4 Å². The zero-order valence-corrected chi connectivity index (χ0v) is 12.9. The zero-order chi connectivity index (χ0) is 14.5. The van der Waals surface area contributed by atoms with E-state index < -0.39 is 0 Å². The maximum atomic E-state index is 12.4. The van der Waals surface area contributed by atoms with Crippen LogP contribution in [-0.2, 0) is 16.0 Å². The Morgan fingerprint density at radius 1 is 1.40 bits per heavy atom. The Bertz CT molecular complexity index is 483. The normalized spacial score (nSPS) is 18.9. The van der Waals surface area contributed by atoms with Crippen molar-refractivity contribution in [2.24, 2.45) is 5.92 Å². The highest BCUT2D eigenvalue weighted by atomic mass is 32.1. The van der Waals surface area contributed by atoms with Crippen molar-refractivity contribution in [1.29, 1.82) is 0 Å². The van der Waals surface area contributed by atoms with E-state index in [1.165, 1.54) is 4.88 Å². The molecule has 1 aliphatic heterocycles. The number of esters is 1. The van der Waals surface area contributed by atoms with Gasteiger partial charge in [-0.25, -0.2) is 0 Å². The topological polar surface area (TPSA) is 46.6 Å². The number of carbonyl (C=O) groups excluding carboxylic acids is 2. The Morgan fingerprint density at radius 2 is 2.20 bits per heavy atom. The van der Waals surface area contributed by atoms with Crippen molar-refractivity contribution in [3.63, 3.8) is 0 Å². The number of thiophene rings is 1. The Labute approximate surface area is 123 Å². The number of carbonyl (C=O) groups is 2.